The van der Waals surface area contributed by atoms with E-state index in [4.69, 9.17) is 0 Å². The first-order valence-corrected chi connectivity index (χ1v) is 5.05. The van der Waals surface area contributed by atoms with Crippen LogP contribution in [0.5, 0.6) is 0 Å². The van der Waals surface area contributed by atoms with Crippen molar-refractivity contribution >= 4 is 11.8 Å². The van der Waals surface area contributed by atoms with Gasteiger partial charge in [0.25, 0.3) is 0 Å². The van der Waals surface area contributed by atoms with Crippen LogP contribution in [0.4, 0.5) is 0 Å². The topological polar surface area (TPSA) is 24.1 Å². The molecule has 2 aliphatic heterocycles. The molecule has 2 rings (SSSR count). The van der Waals surface area contributed by atoms with Crippen LogP contribution < -0.4 is 10.6 Å². The van der Waals surface area contributed by atoms with Crippen molar-refractivity contribution in [2.24, 2.45) is 0 Å². The van der Waals surface area contributed by atoms with Crippen molar-refractivity contribution in [1.29, 1.82) is 0 Å². The Hall–Kier alpha value is 0.270. The predicted octanol–water partition coefficient (Wildman–Crippen LogP) is 0.399. The summed E-state index contributed by atoms with van der Waals surface area (Å²) in [7, 11) is 0. The molecule has 2 saturated heterocycles. The van der Waals surface area contributed by atoms with E-state index in [9.17, 15) is 0 Å². The smallest absolute Gasteiger partial charge is 0.0460 e. The highest BCUT2D eigenvalue weighted by atomic mass is 32.2. The second-order valence-electron chi connectivity index (χ2n) is 3.00. The summed E-state index contributed by atoms with van der Waals surface area (Å²) in [4.78, 5) is 0. The third-order valence-electron chi connectivity index (χ3n) is 2.43. The third-order valence-corrected chi connectivity index (χ3v) is 4.03. The zero-order valence-electron chi connectivity index (χ0n) is 6.26. The summed E-state index contributed by atoms with van der Waals surface area (Å²) in [6, 6.07) is 1.52. The van der Waals surface area contributed by atoms with Crippen molar-refractivity contribution in [2.45, 2.75) is 30.7 Å². The number of hydrogen-bond donors (Lipinski definition) is 2. The fraction of sp³-hybridized carbons (Fsp3) is 1.00. The summed E-state index contributed by atoms with van der Waals surface area (Å²) in [6.45, 7) is 3.30. The van der Waals surface area contributed by atoms with E-state index in [-0.39, 0.29) is 0 Å². The van der Waals surface area contributed by atoms with E-state index in [1.807, 2.05) is 0 Å². The fourth-order valence-corrected chi connectivity index (χ4v) is 3.34. The van der Waals surface area contributed by atoms with Gasteiger partial charge in [-0.1, -0.05) is 6.92 Å². The summed E-state index contributed by atoms with van der Waals surface area (Å²) in [5.74, 6) is 1.30. The number of hydrogen-bond acceptors (Lipinski definition) is 3. The van der Waals surface area contributed by atoms with Gasteiger partial charge < -0.3 is 0 Å². The average Bonchev–Trinajstić information content (AvgIpc) is 2.44. The number of rotatable bonds is 1. The summed E-state index contributed by atoms with van der Waals surface area (Å²) in [6.07, 6.45) is 1.31. The van der Waals surface area contributed by atoms with E-state index < -0.39 is 0 Å². The summed E-state index contributed by atoms with van der Waals surface area (Å²) >= 11 is 2.11. The van der Waals surface area contributed by atoms with Gasteiger partial charge in [-0.2, -0.15) is 11.8 Å². The van der Waals surface area contributed by atoms with Crippen molar-refractivity contribution in [1.82, 2.24) is 10.6 Å². The third kappa shape index (κ3) is 0.966. The molecule has 58 valence electrons. The first kappa shape index (κ1) is 6.95. The zero-order valence-corrected chi connectivity index (χ0v) is 7.08. The highest BCUT2D eigenvalue weighted by molar-refractivity contribution is 8.00. The molecule has 2 nitrogen and oxygen atoms in total. The molecule has 2 heterocycles. The van der Waals surface area contributed by atoms with E-state index >= 15 is 0 Å². The van der Waals surface area contributed by atoms with Crippen LogP contribution in [-0.4, -0.2) is 29.8 Å². The highest BCUT2D eigenvalue weighted by Gasteiger charge is 2.38. The minimum Gasteiger partial charge on any atom is -0.299 e. The Morgan fingerprint density at radius 2 is 2.40 bits per heavy atom. The average molecular weight is 158 g/mol. The molecule has 0 aromatic carbocycles. The first-order valence-electron chi connectivity index (χ1n) is 4.00. The van der Waals surface area contributed by atoms with Crippen LogP contribution in [0.25, 0.3) is 0 Å². The Labute approximate surface area is 66.1 Å². The van der Waals surface area contributed by atoms with Crippen LogP contribution in [0.1, 0.15) is 13.3 Å². The van der Waals surface area contributed by atoms with Gasteiger partial charge in [-0.3, -0.25) is 10.6 Å². The van der Waals surface area contributed by atoms with Gasteiger partial charge in [-0.15, -0.1) is 0 Å². The van der Waals surface area contributed by atoms with Gasteiger partial charge in [0.05, 0.1) is 0 Å². The van der Waals surface area contributed by atoms with Gasteiger partial charge >= 0.3 is 0 Å². The van der Waals surface area contributed by atoms with Crippen LogP contribution in [0, 0.1) is 0 Å². The molecule has 0 aromatic rings. The van der Waals surface area contributed by atoms with Gasteiger partial charge in [0.2, 0.25) is 0 Å². The Balaban J connectivity index is 2.01. The normalized spacial score (nSPS) is 45.9. The van der Waals surface area contributed by atoms with Crippen LogP contribution in [0.3, 0.4) is 0 Å². The van der Waals surface area contributed by atoms with Crippen molar-refractivity contribution in [2.75, 3.05) is 12.4 Å². The van der Waals surface area contributed by atoms with Gasteiger partial charge in [0, 0.05) is 29.8 Å². The lowest BCUT2D eigenvalue weighted by Gasteiger charge is -2.14. The minimum atomic E-state index is 0.759. The summed E-state index contributed by atoms with van der Waals surface area (Å²) in [5.41, 5.74) is 0. The van der Waals surface area contributed by atoms with Gasteiger partial charge in [-0.25, -0.2) is 0 Å². The molecule has 0 amide bonds. The largest absolute Gasteiger partial charge is 0.299 e. The maximum absolute atomic E-state index is 3.49. The molecule has 10 heavy (non-hydrogen) atoms. The molecule has 2 aliphatic rings. The van der Waals surface area contributed by atoms with Crippen LogP contribution >= 0.6 is 11.8 Å². The van der Waals surface area contributed by atoms with E-state index in [1.165, 1.54) is 12.2 Å². The van der Waals surface area contributed by atoms with Crippen molar-refractivity contribution in [3.8, 4) is 0 Å². The van der Waals surface area contributed by atoms with Crippen molar-refractivity contribution in [3.63, 3.8) is 0 Å². The lowest BCUT2D eigenvalue weighted by molar-refractivity contribution is 0.542. The monoisotopic (exact) mass is 158 g/mol. The molecule has 0 spiro atoms. The second kappa shape index (κ2) is 2.72. The molecular weight excluding hydrogens is 144 g/mol. The van der Waals surface area contributed by atoms with E-state index in [0.717, 1.165) is 24.0 Å². The Kier molecular flexibility index (Phi) is 1.89. The van der Waals surface area contributed by atoms with Gasteiger partial charge in [0.15, 0.2) is 0 Å². The second-order valence-corrected chi connectivity index (χ2v) is 4.27. The van der Waals surface area contributed by atoms with Gasteiger partial charge in [-0.05, 0) is 6.42 Å². The minimum absolute atomic E-state index is 0.759. The lowest BCUT2D eigenvalue weighted by atomic mass is 10.1. The molecule has 3 heteroatoms. The number of thioether (sulfide) groups is 1. The molecule has 2 N–H and O–H groups in total. The number of fused-ring (bicyclic) bond motifs is 1. The molecule has 0 saturated carbocycles. The van der Waals surface area contributed by atoms with Crippen molar-refractivity contribution < 1.29 is 0 Å². The molecule has 0 bridgehead atoms. The quantitative estimate of drug-likeness (QED) is 0.577. The molecule has 2 fully saturated rings. The Morgan fingerprint density at radius 1 is 1.50 bits per heavy atom. The maximum atomic E-state index is 3.49. The van der Waals surface area contributed by atoms with E-state index in [0.29, 0.717) is 0 Å². The molecule has 0 radical (unpaired) electrons. The highest BCUT2D eigenvalue weighted by Crippen LogP contribution is 2.30. The van der Waals surface area contributed by atoms with Crippen LogP contribution in [-0.2, 0) is 0 Å². The molecule has 0 aromatic heterocycles. The number of nitrogens with one attached hydrogen (secondary N) is 2. The SMILES string of the molecule is CC[C@@H]1SC[C@@H]2NCN[C@@H]21. The fourth-order valence-electron chi connectivity index (χ4n) is 1.83. The Morgan fingerprint density at radius 3 is 3.20 bits per heavy atom. The molecule has 0 unspecified atom stereocenters. The molecule has 0 aliphatic carbocycles. The van der Waals surface area contributed by atoms with E-state index in [1.54, 1.807) is 0 Å². The van der Waals surface area contributed by atoms with Gasteiger partial charge in [0.1, 0.15) is 0 Å². The van der Waals surface area contributed by atoms with Crippen LogP contribution in [0.15, 0.2) is 0 Å². The summed E-state index contributed by atoms with van der Waals surface area (Å²) < 4.78 is 0. The van der Waals surface area contributed by atoms with Crippen LogP contribution in [0.2, 0.25) is 0 Å². The summed E-state index contributed by atoms with van der Waals surface area (Å²) in [5, 5.41) is 7.80. The molecular formula is C7H14N2S. The molecule has 3 atom stereocenters. The van der Waals surface area contributed by atoms with E-state index in [2.05, 4.69) is 29.3 Å². The Bertz CT molecular complexity index is 129. The maximum Gasteiger partial charge on any atom is 0.0460 e. The predicted molar refractivity (Wildman–Crippen MR) is 45.3 cm³/mol. The van der Waals surface area contributed by atoms with Crippen molar-refractivity contribution in [3.05, 3.63) is 0 Å². The first-order chi connectivity index (χ1) is 4.92. The standard InChI is InChI=1S/C7H14N2S/c1-2-6-7-5(3-10-6)8-4-9-7/h5-9H,2-4H2,1H3/t5-,6-,7-/m0/s1. The zero-order chi connectivity index (χ0) is 6.97. The lowest BCUT2D eigenvalue weighted by Crippen LogP contribution is -2.36.